The van der Waals surface area contributed by atoms with Crippen molar-refractivity contribution in [3.8, 4) is 0 Å². The van der Waals surface area contributed by atoms with Crippen LogP contribution in [0.4, 0.5) is 0 Å². The lowest BCUT2D eigenvalue weighted by Crippen LogP contribution is -2.31. The minimum absolute atomic E-state index is 1.07. The van der Waals surface area contributed by atoms with Crippen LogP contribution in [0.15, 0.2) is 0 Å². The predicted molar refractivity (Wildman–Crippen MR) is 271 cm³/mol. The summed E-state index contributed by atoms with van der Waals surface area (Å²) in [6.45, 7) is 13.7. The monoisotopic (exact) mass is 857 g/mol. The second-order valence-electron chi connectivity index (χ2n) is 17.4. The van der Waals surface area contributed by atoms with Crippen molar-refractivity contribution in [2.24, 2.45) is 0 Å². The van der Waals surface area contributed by atoms with Gasteiger partial charge in [0.15, 0.2) is 0 Å². The van der Waals surface area contributed by atoms with Gasteiger partial charge in [-0.2, -0.15) is 0 Å². The van der Waals surface area contributed by atoms with Gasteiger partial charge in [0.1, 0.15) is 8.64 Å². The van der Waals surface area contributed by atoms with Gasteiger partial charge in [0.2, 0.25) is 0 Å². The van der Waals surface area contributed by atoms with Crippen molar-refractivity contribution in [1.82, 2.24) is 9.80 Å². The SMILES string of the molecule is CCCCCCCCCCCCN(CCCCCCCCCCCC)C(=S)SSC(=S)N(CCCCCCCCCCCC)CCCCCCCCCCCC. The minimum atomic E-state index is 1.07. The van der Waals surface area contributed by atoms with Gasteiger partial charge in [-0.25, -0.2) is 0 Å². The zero-order chi connectivity index (χ0) is 40.8. The molecule has 0 bridgehead atoms. The van der Waals surface area contributed by atoms with Gasteiger partial charge in [-0.05, 0) is 47.3 Å². The van der Waals surface area contributed by atoms with Crippen molar-refractivity contribution in [2.45, 2.75) is 285 Å². The molecule has 0 aliphatic rings. The Labute approximate surface area is 373 Å². The van der Waals surface area contributed by atoms with Gasteiger partial charge in [0, 0.05) is 26.2 Å². The zero-order valence-corrected chi connectivity index (χ0v) is 41.9. The maximum atomic E-state index is 6.17. The van der Waals surface area contributed by atoms with E-state index >= 15 is 0 Å². The zero-order valence-electron chi connectivity index (χ0n) is 38.6. The maximum Gasteiger partial charge on any atom is 0.147 e. The summed E-state index contributed by atoms with van der Waals surface area (Å²) in [5, 5.41) is 0. The number of hydrogen-bond donors (Lipinski definition) is 0. The number of rotatable bonds is 44. The fraction of sp³-hybridized carbons (Fsp3) is 0.960. The highest BCUT2D eigenvalue weighted by atomic mass is 33.1. The molecule has 0 aromatic heterocycles. The Balaban J connectivity index is 4.89. The normalized spacial score (nSPS) is 11.4. The van der Waals surface area contributed by atoms with Crippen LogP contribution in [0.1, 0.15) is 285 Å². The first-order valence-electron chi connectivity index (χ1n) is 25.5. The van der Waals surface area contributed by atoms with Crippen LogP contribution in [-0.4, -0.2) is 44.6 Å². The maximum absolute atomic E-state index is 6.17. The first-order valence-corrected chi connectivity index (χ1v) is 28.5. The van der Waals surface area contributed by atoms with Crippen molar-refractivity contribution >= 4 is 54.7 Å². The highest BCUT2D eigenvalue weighted by Crippen LogP contribution is 2.30. The van der Waals surface area contributed by atoms with E-state index in [9.17, 15) is 0 Å². The van der Waals surface area contributed by atoms with Crippen LogP contribution in [0.5, 0.6) is 0 Å². The lowest BCUT2D eigenvalue weighted by atomic mass is 10.1. The number of hydrogen-bond acceptors (Lipinski definition) is 4. The average Bonchev–Trinajstić information content (AvgIpc) is 3.20. The van der Waals surface area contributed by atoms with Gasteiger partial charge in [-0.15, -0.1) is 0 Å². The van der Waals surface area contributed by atoms with Crippen LogP contribution in [0, 0.1) is 0 Å². The number of unbranched alkanes of at least 4 members (excludes halogenated alkanes) is 36. The minimum Gasteiger partial charge on any atom is -0.357 e. The van der Waals surface area contributed by atoms with E-state index in [1.807, 2.05) is 0 Å². The molecule has 0 amide bonds. The first-order chi connectivity index (χ1) is 27.6. The van der Waals surface area contributed by atoms with E-state index in [1.165, 1.54) is 257 Å². The van der Waals surface area contributed by atoms with Crippen LogP contribution >= 0.6 is 46.0 Å². The number of thiocarbonyl (C=S) groups is 2. The molecule has 0 rings (SSSR count). The quantitative estimate of drug-likeness (QED) is 0.0340. The van der Waals surface area contributed by atoms with Crippen molar-refractivity contribution in [2.75, 3.05) is 26.2 Å². The second-order valence-corrected chi connectivity index (χ2v) is 20.8. The summed E-state index contributed by atoms with van der Waals surface area (Å²) >= 11 is 12.3. The molecule has 0 heterocycles. The molecule has 0 aliphatic heterocycles. The highest BCUT2D eigenvalue weighted by molar-refractivity contribution is 8.89. The van der Waals surface area contributed by atoms with Crippen LogP contribution in [0.3, 0.4) is 0 Å². The average molecular weight is 858 g/mol. The molecule has 0 unspecified atom stereocenters. The lowest BCUT2D eigenvalue weighted by molar-refractivity contribution is 0.394. The Morgan fingerprint density at radius 1 is 0.250 bits per heavy atom. The van der Waals surface area contributed by atoms with E-state index in [1.54, 1.807) is 21.6 Å². The molecule has 0 aromatic rings. The molecule has 0 N–H and O–H groups in total. The molecule has 0 spiro atoms. The predicted octanol–water partition coefficient (Wildman–Crippen LogP) is 19.2. The Morgan fingerprint density at radius 2 is 0.393 bits per heavy atom. The summed E-state index contributed by atoms with van der Waals surface area (Å²) in [4.78, 5) is 5.11. The third-order valence-electron chi connectivity index (χ3n) is 11.8. The van der Waals surface area contributed by atoms with Gasteiger partial charge in [0.05, 0.1) is 0 Å². The van der Waals surface area contributed by atoms with Crippen LogP contribution in [0.2, 0.25) is 0 Å². The van der Waals surface area contributed by atoms with Crippen LogP contribution in [-0.2, 0) is 0 Å². The Bertz CT molecular complexity index is 681. The Kier molecular flexibility index (Phi) is 48.6. The van der Waals surface area contributed by atoms with Gasteiger partial charge in [0.25, 0.3) is 0 Å². The molecular weight excluding hydrogens is 757 g/mol. The highest BCUT2D eigenvalue weighted by Gasteiger charge is 2.16. The fourth-order valence-corrected chi connectivity index (χ4v) is 10.7. The van der Waals surface area contributed by atoms with Gasteiger partial charge >= 0.3 is 0 Å². The van der Waals surface area contributed by atoms with E-state index in [4.69, 9.17) is 24.4 Å². The summed E-state index contributed by atoms with van der Waals surface area (Å²) < 4.78 is 2.14. The van der Waals surface area contributed by atoms with E-state index in [-0.39, 0.29) is 0 Å². The van der Waals surface area contributed by atoms with Gasteiger partial charge < -0.3 is 9.80 Å². The Morgan fingerprint density at radius 3 is 0.554 bits per heavy atom. The van der Waals surface area contributed by atoms with E-state index < -0.39 is 0 Å². The molecule has 6 heteroatoms. The molecule has 0 atom stereocenters. The Hall–Kier alpha value is 0.480. The first kappa shape index (κ1) is 56.5. The molecule has 0 aliphatic carbocycles. The summed E-state index contributed by atoms with van der Waals surface area (Å²) in [6, 6.07) is 0. The number of nitrogens with zero attached hydrogens (tertiary/aromatic N) is 2. The van der Waals surface area contributed by atoms with Crippen molar-refractivity contribution in [3.05, 3.63) is 0 Å². The summed E-state index contributed by atoms with van der Waals surface area (Å²) in [6.07, 6.45) is 55.4. The third kappa shape index (κ3) is 41.2. The standard InChI is InChI=1S/C50H100N2S4/c1-5-9-13-17-21-25-29-33-37-41-45-51(46-42-38-34-30-26-22-18-14-10-6-2)49(53)55-56-50(54)52(47-43-39-35-31-27-23-19-15-11-7-3)48-44-40-36-32-28-24-20-16-12-8-4/h5-48H2,1-4H3. The second kappa shape index (κ2) is 48.1. The third-order valence-corrected chi connectivity index (χ3v) is 15.6. The molecule has 0 aromatic carbocycles. The van der Waals surface area contributed by atoms with Gasteiger partial charge in [-0.3, -0.25) is 0 Å². The molecule has 334 valence electrons. The van der Waals surface area contributed by atoms with E-state index in [0.29, 0.717) is 0 Å². The van der Waals surface area contributed by atoms with Crippen LogP contribution < -0.4 is 0 Å². The molecular formula is C50H100N2S4. The summed E-state index contributed by atoms with van der Waals surface area (Å²) in [5.74, 6) is 0. The smallest absolute Gasteiger partial charge is 0.147 e. The van der Waals surface area contributed by atoms with Crippen molar-refractivity contribution < 1.29 is 0 Å². The molecule has 0 saturated heterocycles. The van der Waals surface area contributed by atoms with E-state index in [0.717, 1.165) is 34.8 Å². The topological polar surface area (TPSA) is 6.48 Å². The molecule has 56 heavy (non-hydrogen) atoms. The van der Waals surface area contributed by atoms with E-state index in [2.05, 4.69) is 37.5 Å². The largest absolute Gasteiger partial charge is 0.357 e. The van der Waals surface area contributed by atoms with Crippen LogP contribution in [0.25, 0.3) is 0 Å². The molecule has 0 saturated carbocycles. The lowest BCUT2D eigenvalue weighted by Gasteiger charge is -2.27. The molecule has 0 fully saturated rings. The molecule has 0 radical (unpaired) electrons. The summed E-state index contributed by atoms with van der Waals surface area (Å²) in [5.41, 5.74) is 0. The van der Waals surface area contributed by atoms with Gasteiger partial charge in [-0.1, -0.05) is 283 Å². The molecule has 2 nitrogen and oxygen atoms in total. The van der Waals surface area contributed by atoms with Crippen molar-refractivity contribution in [1.29, 1.82) is 0 Å². The fourth-order valence-electron chi connectivity index (χ4n) is 7.93. The summed E-state index contributed by atoms with van der Waals surface area (Å²) in [7, 11) is 3.58. The van der Waals surface area contributed by atoms with Crippen molar-refractivity contribution in [3.63, 3.8) is 0 Å².